The largest absolute Gasteiger partial charge is 0.330 e. The van der Waals surface area contributed by atoms with Crippen molar-refractivity contribution in [1.29, 1.82) is 0 Å². The summed E-state index contributed by atoms with van der Waals surface area (Å²) < 4.78 is 15.2. The molecule has 1 aliphatic rings. The number of amides is 1. The van der Waals surface area contributed by atoms with E-state index in [2.05, 4.69) is 18.8 Å². The van der Waals surface area contributed by atoms with Crippen molar-refractivity contribution in [2.75, 3.05) is 6.54 Å². The second kappa shape index (κ2) is 7.54. The lowest BCUT2D eigenvalue weighted by Gasteiger charge is -2.25. The van der Waals surface area contributed by atoms with Gasteiger partial charge in [0.15, 0.2) is 0 Å². The first kappa shape index (κ1) is 18.3. The minimum atomic E-state index is -0.342. The normalized spacial score (nSPS) is 16.7. The number of imidazole rings is 1. The quantitative estimate of drug-likeness (QED) is 0.671. The first-order valence-electron chi connectivity index (χ1n) is 9.61. The SMILES string of the molecule is CC(C)c1nccn1-c1cccc([C@H]2CCCN2C(=O)c2ccc(F)cc2)n1. The fraction of sp³-hybridized carbons (Fsp3) is 0.318. The van der Waals surface area contributed by atoms with Crippen LogP contribution >= 0.6 is 0 Å². The van der Waals surface area contributed by atoms with Crippen molar-refractivity contribution in [3.63, 3.8) is 0 Å². The molecule has 0 spiro atoms. The molecule has 5 nitrogen and oxygen atoms in total. The number of hydrogen-bond acceptors (Lipinski definition) is 3. The summed E-state index contributed by atoms with van der Waals surface area (Å²) in [6.07, 6.45) is 5.48. The Morgan fingerprint density at radius 2 is 1.96 bits per heavy atom. The fourth-order valence-electron chi connectivity index (χ4n) is 3.77. The molecule has 0 bridgehead atoms. The van der Waals surface area contributed by atoms with Crippen LogP contribution in [0.4, 0.5) is 4.39 Å². The number of pyridine rings is 1. The zero-order valence-corrected chi connectivity index (χ0v) is 16.0. The van der Waals surface area contributed by atoms with Crippen molar-refractivity contribution in [1.82, 2.24) is 19.4 Å². The average molecular weight is 378 g/mol. The lowest BCUT2D eigenvalue weighted by atomic mass is 10.1. The average Bonchev–Trinajstić information content (AvgIpc) is 3.38. The van der Waals surface area contributed by atoms with Gasteiger partial charge in [0.1, 0.15) is 17.5 Å². The molecule has 3 aromatic rings. The van der Waals surface area contributed by atoms with E-state index in [1.165, 1.54) is 24.3 Å². The number of likely N-dealkylation sites (tertiary alicyclic amines) is 1. The number of aromatic nitrogens is 3. The Kier molecular flexibility index (Phi) is 4.94. The van der Waals surface area contributed by atoms with Gasteiger partial charge in [-0.05, 0) is 49.2 Å². The molecule has 1 aromatic carbocycles. The monoisotopic (exact) mass is 378 g/mol. The molecule has 4 rings (SSSR count). The molecule has 0 saturated carbocycles. The highest BCUT2D eigenvalue weighted by atomic mass is 19.1. The Bertz CT molecular complexity index is 980. The lowest BCUT2D eigenvalue weighted by molar-refractivity contribution is 0.0733. The van der Waals surface area contributed by atoms with Gasteiger partial charge in [0.2, 0.25) is 0 Å². The van der Waals surface area contributed by atoms with Gasteiger partial charge >= 0.3 is 0 Å². The zero-order valence-electron chi connectivity index (χ0n) is 16.0. The molecule has 0 radical (unpaired) electrons. The molecular weight excluding hydrogens is 355 g/mol. The van der Waals surface area contributed by atoms with Gasteiger partial charge in [-0.3, -0.25) is 9.36 Å². The van der Waals surface area contributed by atoms with Gasteiger partial charge in [0, 0.05) is 30.4 Å². The van der Waals surface area contributed by atoms with E-state index in [-0.39, 0.29) is 23.7 Å². The number of rotatable bonds is 4. The summed E-state index contributed by atoms with van der Waals surface area (Å²) in [5, 5.41) is 0. The Morgan fingerprint density at radius 3 is 2.71 bits per heavy atom. The summed E-state index contributed by atoms with van der Waals surface area (Å²) in [5.74, 6) is 1.61. The molecular formula is C22H23FN4O. The van der Waals surface area contributed by atoms with Crippen LogP contribution in [0.1, 0.15) is 60.5 Å². The Labute approximate surface area is 163 Å². The zero-order chi connectivity index (χ0) is 19.7. The van der Waals surface area contributed by atoms with Gasteiger partial charge < -0.3 is 4.90 Å². The van der Waals surface area contributed by atoms with Crippen LogP contribution in [0, 0.1) is 5.82 Å². The van der Waals surface area contributed by atoms with E-state index in [9.17, 15) is 9.18 Å². The van der Waals surface area contributed by atoms with Crippen molar-refractivity contribution in [3.8, 4) is 5.82 Å². The summed E-state index contributed by atoms with van der Waals surface area (Å²) in [6.45, 7) is 4.88. The number of hydrogen-bond donors (Lipinski definition) is 0. The van der Waals surface area contributed by atoms with E-state index in [1.807, 2.05) is 33.9 Å². The van der Waals surface area contributed by atoms with Crippen LogP contribution in [0.25, 0.3) is 5.82 Å². The summed E-state index contributed by atoms with van der Waals surface area (Å²) in [5.41, 5.74) is 1.37. The summed E-state index contributed by atoms with van der Waals surface area (Å²) in [4.78, 5) is 24.1. The third-order valence-corrected chi connectivity index (χ3v) is 5.13. The van der Waals surface area contributed by atoms with E-state index in [0.29, 0.717) is 12.1 Å². The van der Waals surface area contributed by atoms with E-state index >= 15 is 0 Å². The number of benzene rings is 1. The molecule has 28 heavy (non-hydrogen) atoms. The first-order chi connectivity index (χ1) is 13.5. The van der Waals surface area contributed by atoms with Crippen LogP contribution in [0.3, 0.4) is 0 Å². The maximum absolute atomic E-state index is 13.2. The van der Waals surface area contributed by atoms with E-state index < -0.39 is 0 Å². The Hall–Kier alpha value is -3.02. The molecule has 2 aromatic heterocycles. The van der Waals surface area contributed by atoms with Crippen molar-refractivity contribution < 1.29 is 9.18 Å². The molecule has 3 heterocycles. The summed E-state index contributed by atoms with van der Waals surface area (Å²) in [6, 6.07) is 11.5. The Balaban J connectivity index is 1.64. The van der Waals surface area contributed by atoms with Crippen LogP contribution in [-0.4, -0.2) is 31.9 Å². The van der Waals surface area contributed by atoms with Gasteiger partial charge in [-0.25, -0.2) is 14.4 Å². The third kappa shape index (κ3) is 3.42. The predicted molar refractivity (Wildman–Crippen MR) is 105 cm³/mol. The van der Waals surface area contributed by atoms with Crippen LogP contribution in [0.15, 0.2) is 54.9 Å². The lowest BCUT2D eigenvalue weighted by Crippen LogP contribution is -2.31. The highest BCUT2D eigenvalue weighted by Gasteiger charge is 2.31. The third-order valence-electron chi connectivity index (χ3n) is 5.13. The first-order valence-corrected chi connectivity index (χ1v) is 9.61. The molecule has 1 fully saturated rings. The molecule has 0 unspecified atom stereocenters. The van der Waals surface area contributed by atoms with Gasteiger partial charge in [0.25, 0.3) is 5.91 Å². The topological polar surface area (TPSA) is 51.0 Å². The highest BCUT2D eigenvalue weighted by Crippen LogP contribution is 2.32. The van der Waals surface area contributed by atoms with Crippen LogP contribution < -0.4 is 0 Å². The van der Waals surface area contributed by atoms with Gasteiger partial charge in [0.05, 0.1) is 11.7 Å². The minimum absolute atomic E-state index is 0.0801. The molecule has 1 amide bonds. The van der Waals surface area contributed by atoms with Gasteiger partial charge in [-0.1, -0.05) is 19.9 Å². The smallest absolute Gasteiger partial charge is 0.254 e. The van der Waals surface area contributed by atoms with E-state index in [4.69, 9.17) is 4.98 Å². The van der Waals surface area contributed by atoms with Crippen LogP contribution in [0.2, 0.25) is 0 Å². The van der Waals surface area contributed by atoms with Crippen LogP contribution in [-0.2, 0) is 0 Å². The number of carbonyl (C=O) groups excluding carboxylic acids is 1. The van der Waals surface area contributed by atoms with Gasteiger partial charge in [-0.2, -0.15) is 0 Å². The second-order valence-corrected chi connectivity index (χ2v) is 7.39. The molecule has 0 aliphatic carbocycles. The fourth-order valence-corrected chi connectivity index (χ4v) is 3.77. The minimum Gasteiger partial charge on any atom is -0.330 e. The van der Waals surface area contributed by atoms with Crippen molar-refractivity contribution >= 4 is 5.91 Å². The Morgan fingerprint density at radius 1 is 1.18 bits per heavy atom. The maximum Gasteiger partial charge on any atom is 0.254 e. The molecule has 1 atom stereocenters. The standard InChI is InChI=1S/C22H23FN4O/c1-15(2)21-24-12-14-27(21)20-7-3-5-18(25-20)19-6-4-13-26(19)22(28)16-8-10-17(23)11-9-16/h3,5,7-12,14-15,19H,4,6,13H2,1-2H3/t19-/m1/s1. The summed E-state index contributed by atoms with van der Waals surface area (Å²) in [7, 11) is 0. The van der Waals surface area contributed by atoms with E-state index in [1.54, 1.807) is 6.20 Å². The van der Waals surface area contributed by atoms with Gasteiger partial charge in [-0.15, -0.1) is 0 Å². The predicted octanol–water partition coefficient (Wildman–Crippen LogP) is 4.51. The number of nitrogens with zero attached hydrogens (tertiary/aromatic N) is 4. The van der Waals surface area contributed by atoms with Crippen molar-refractivity contribution in [2.45, 2.75) is 38.6 Å². The maximum atomic E-state index is 13.2. The molecule has 1 saturated heterocycles. The van der Waals surface area contributed by atoms with Crippen molar-refractivity contribution in [3.05, 3.63) is 77.8 Å². The van der Waals surface area contributed by atoms with Crippen molar-refractivity contribution in [2.24, 2.45) is 0 Å². The molecule has 144 valence electrons. The number of carbonyl (C=O) groups is 1. The molecule has 1 aliphatic heterocycles. The highest BCUT2D eigenvalue weighted by molar-refractivity contribution is 5.94. The van der Waals surface area contributed by atoms with Crippen LogP contribution in [0.5, 0.6) is 0 Å². The van der Waals surface area contributed by atoms with E-state index in [0.717, 1.165) is 30.2 Å². The second-order valence-electron chi connectivity index (χ2n) is 7.39. The summed E-state index contributed by atoms with van der Waals surface area (Å²) >= 11 is 0. The number of halogens is 1. The molecule has 6 heteroatoms. The molecule has 0 N–H and O–H groups in total.